The number of carbonyl (C=O) groups is 2. The second-order valence-corrected chi connectivity index (χ2v) is 12.6. The van der Waals surface area contributed by atoms with E-state index in [1.54, 1.807) is 29.2 Å². The largest absolute Gasteiger partial charge is 0.504 e. The van der Waals surface area contributed by atoms with Crippen LogP contribution in [0.5, 0.6) is 28.7 Å². The van der Waals surface area contributed by atoms with Crippen LogP contribution in [-0.2, 0) is 20.8 Å². The molecule has 7 atom stereocenters. The molecule has 2 aliphatic heterocycles. The quantitative estimate of drug-likeness (QED) is 0.273. The maximum atomic E-state index is 15.1. The monoisotopic (exact) mass is 646 g/mol. The molecule has 0 unspecified atom stereocenters. The first kappa shape index (κ1) is 32.5. The van der Waals surface area contributed by atoms with Crippen molar-refractivity contribution in [3.63, 3.8) is 0 Å². The van der Waals surface area contributed by atoms with Gasteiger partial charge in [-0.1, -0.05) is 50.2 Å². The molecule has 4 N–H and O–H groups in total. The normalized spacial score (nSPS) is 28.2. The summed E-state index contributed by atoms with van der Waals surface area (Å²) in [7, 11) is 4.34. The standard InChI is InChI=1S/C36H42N2O9/c1-6-20(2)32(40)37-28-13-10-16-38(28)33(41)31-29(21-11-8-7-9-12-21)36(22-14-15-25(45-4)24(39)17-22)34(42)35(31,43)30-26(46-5)18-23(44-3)19-27(30)47-36/h7-9,11-12,14-15,17-20,28-29,31,34,39,42-43H,6,10,13,16H2,1-5H3,(H,37,40)/t20-,28+,29+,31-,34+,35+,36+/m1/s1. The van der Waals surface area contributed by atoms with Gasteiger partial charge in [0.05, 0.1) is 32.8 Å². The Labute approximate surface area is 274 Å². The molecule has 1 saturated heterocycles. The van der Waals surface area contributed by atoms with Crippen LogP contribution in [0.2, 0.25) is 0 Å². The third kappa shape index (κ3) is 4.86. The zero-order valence-electron chi connectivity index (χ0n) is 27.2. The van der Waals surface area contributed by atoms with Crippen molar-refractivity contribution in [3.8, 4) is 28.7 Å². The third-order valence-corrected chi connectivity index (χ3v) is 10.2. The smallest absolute Gasteiger partial charge is 0.231 e. The summed E-state index contributed by atoms with van der Waals surface area (Å²) < 4.78 is 23.5. The van der Waals surface area contributed by atoms with Gasteiger partial charge in [0.15, 0.2) is 17.1 Å². The minimum absolute atomic E-state index is 0.109. The van der Waals surface area contributed by atoms with E-state index >= 15 is 4.79 Å². The molecule has 0 spiro atoms. The van der Waals surface area contributed by atoms with E-state index in [-0.39, 0.29) is 40.4 Å². The lowest BCUT2D eigenvalue weighted by Crippen LogP contribution is -2.56. The fourth-order valence-corrected chi connectivity index (χ4v) is 7.69. The highest BCUT2D eigenvalue weighted by molar-refractivity contribution is 5.86. The highest BCUT2D eigenvalue weighted by atomic mass is 16.5. The number of benzene rings is 3. The van der Waals surface area contributed by atoms with Gasteiger partial charge in [-0.05, 0) is 37.0 Å². The maximum absolute atomic E-state index is 15.1. The van der Waals surface area contributed by atoms with Gasteiger partial charge in [-0.2, -0.15) is 0 Å². The Morgan fingerprint density at radius 2 is 1.77 bits per heavy atom. The Balaban J connectivity index is 1.62. The summed E-state index contributed by atoms with van der Waals surface area (Å²) in [6, 6.07) is 16.9. The lowest BCUT2D eigenvalue weighted by Gasteiger charge is -2.45. The van der Waals surface area contributed by atoms with E-state index in [1.807, 2.05) is 44.2 Å². The number of rotatable bonds is 9. The number of nitrogens with one attached hydrogen (secondary N) is 1. The first-order valence-electron chi connectivity index (χ1n) is 16.0. The first-order chi connectivity index (χ1) is 22.6. The highest BCUT2D eigenvalue weighted by Gasteiger charge is 2.76. The van der Waals surface area contributed by atoms with Gasteiger partial charge in [-0.3, -0.25) is 9.59 Å². The third-order valence-electron chi connectivity index (χ3n) is 10.2. The number of phenols is 1. The number of likely N-dealkylation sites (tertiary alicyclic amines) is 1. The number of hydrogen-bond acceptors (Lipinski definition) is 9. The molecular weight excluding hydrogens is 604 g/mol. The highest BCUT2D eigenvalue weighted by Crippen LogP contribution is 2.68. The molecule has 1 aliphatic carbocycles. The molecule has 3 aromatic carbocycles. The number of nitrogens with zero attached hydrogens (tertiary/aromatic N) is 1. The summed E-state index contributed by atoms with van der Waals surface area (Å²) in [5.74, 6) is -2.48. The Morgan fingerprint density at radius 1 is 1.04 bits per heavy atom. The van der Waals surface area contributed by atoms with Gasteiger partial charge in [0.2, 0.25) is 11.8 Å². The van der Waals surface area contributed by atoms with Gasteiger partial charge in [-0.15, -0.1) is 0 Å². The van der Waals surface area contributed by atoms with Gasteiger partial charge in [-0.25, -0.2) is 0 Å². The van der Waals surface area contributed by atoms with Crippen molar-refractivity contribution >= 4 is 11.8 Å². The number of hydrogen-bond donors (Lipinski definition) is 4. The molecule has 1 saturated carbocycles. The van der Waals surface area contributed by atoms with Crippen molar-refractivity contribution in [2.45, 2.75) is 62.5 Å². The minimum Gasteiger partial charge on any atom is -0.504 e. The lowest BCUT2D eigenvalue weighted by molar-refractivity contribution is -0.167. The van der Waals surface area contributed by atoms with E-state index in [0.29, 0.717) is 42.7 Å². The number of amides is 2. The molecule has 11 heteroatoms. The summed E-state index contributed by atoms with van der Waals surface area (Å²) in [6.45, 7) is 4.11. The minimum atomic E-state index is -2.26. The second-order valence-electron chi connectivity index (χ2n) is 12.6. The average Bonchev–Trinajstić information content (AvgIpc) is 3.59. The predicted octanol–water partition coefficient (Wildman–Crippen LogP) is 3.78. The average molecular weight is 647 g/mol. The van der Waals surface area contributed by atoms with Crippen LogP contribution < -0.4 is 24.3 Å². The molecule has 11 nitrogen and oxygen atoms in total. The molecule has 6 rings (SSSR count). The molecule has 3 aromatic rings. The fourth-order valence-electron chi connectivity index (χ4n) is 7.69. The molecule has 3 aliphatic rings. The number of carbonyl (C=O) groups excluding carboxylic acids is 2. The molecule has 2 fully saturated rings. The summed E-state index contributed by atoms with van der Waals surface area (Å²) in [5.41, 5.74) is -3.00. The van der Waals surface area contributed by atoms with Gasteiger partial charge in [0, 0.05) is 36.1 Å². The molecule has 47 heavy (non-hydrogen) atoms. The van der Waals surface area contributed by atoms with Gasteiger partial charge >= 0.3 is 0 Å². The predicted molar refractivity (Wildman–Crippen MR) is 171 cm³/mol. The van der Waals surface area contributed by atoms with Crippen LogP contribution in [-0.4, -0.2) is 72.2 Å². The number of aliphatic hydroxyl groups is 2. The SMILES string of the molecule is CC[C@@H](C)C(=O)N[C@@H]1CCCN1C(=O)[C@H]1[C@H](c2ccccc2)[C@]2(c3ccc(OC)c(O)c3)Oc3cc(OC)cc(OC)c3[C@@]1(O)[C@@H]2O. The van der Waals surface area contributed by atoms with Crippen molar-refractivity contribution in [2.75, 3.05) is 27.9 Å². The first-order valence-corrected chi connectivity index (χ1v) is 16.0. The van der Waals surface area contributed by atoms with Gasteiger partial charge in [0.25, 0.3) is 0 Å². The summed E-state index contributed by atoms with van der Waals surface area (Å²) in [6.07, 6.45) is -0.492. The molecule has 2 bridgehead atoms. The maximum Gasteiger partial charge on any atom is 0.231 e. The van der Waals surface area contributed by atoms with Crippen LogP contribution in [0.3, 0.4) is 0 Å². The van der Waals surface area contributed by atoms with Crippen molar-refractivity contribution in [1.82, 2.24) is 10.2 Å². The van der Waals surface area contributed by atoms with Gasteiger partial charge < -0.3 is 44.5 Å². The van der Waals surface area contributed by atoms with E-state index < -0.39 is 41.2 Å². The fraction of sp³-hybridized carbons (Fsp3) is 0.444. The molecule has 0 radical (unpaired) electrons. The van der Waals surface area contributed by atoms with Crippen LogP contribution in [0.4, 0.5) is 0 Å². The topological polar surface area (TPSA) is 147 Å². The summed E-state index contributed by atoms with van der Waals surface area (Å²) in [4.78, 5) is 29.8. The Bertz CT molecular complexity index is 1670. The molecule has 250 valence electrons. The molecule has 0 aromatic heterocycles. The number of aliphatic hydroxyl groups excluding tert-OH is 1. The number of methoxy groups -OCH3 is 3. The van der Waals surface area contributed by atoms with Crippen LogP contribution in [0.25, 0.3) is 0 Å². The van der Waals surface area contributed by atoms with Gasteiger partial charge in [0.1, 0.15) is 35.1 Å². The second kappa shape index (κ2) is 12.3. The van der Waals surface area contributed by atoms with Crippen LogP contribution in [0, 0.1) is 11.8 Å². The zero-order chi connectivity index (χ0) is 33.7. The van der Waals surface area contributed by atoms with Crippen LogP contribution in [0.1, 0.15) is 55.7 Å². The zero-order valence-corrected chi connectivity index (χ0v) is 27.2. The van der Waals surface area contributed by atoms with E-state index in [0.717, 1.165) is 0 Å². The summed E-state index contributed by atoms with van der Waals surface area (Å²) >= 11 is 0. The number of fused-ring (bicyclic) bond motifs is 4. The van der Waals surface area contributed by atoms with Crippen molar-refractivity contribution in [1.29, 1.82) is 0 Å². The molecule has 2 heterocycles. The van der Waals surface area contributed by atoms with Crippen LogP contribution in [0.15, 0.2) is 60.7 Å². The van der Waals surface area contributed by atoms with E-state index in [9.17, 15) is 20.1 Å². The number of ether oxygens (including phenoxy) is 4. The Kier molecular flexibility index (Phi) is 8.48. The van der Waals surface area contributed by atoms with E-state index in [2.05, 4.69) is 5.32 Å². The van der Waals surface area contributed by atoms with Crippen molar-refractivity contribution < 1.29 is 43.9 Å². The van der Waals surface area contributed by atoms with E-state index in [4.69, 9.17) is 18.9 Å². The number of phenolic OH excluding ortho intramolecular Hbond substituents is 1. The number of aromatic hydroxyl groups is 1. The molecule has 2 amide bonds. The Morgan fingerprint density at radius 3 is 2.40 bits per heavy atom. The van der Waals surface area contributed by atoms with E-state index in [1.165, 1.54) is 27.4 Å². The Hall–Kier alpha value is -4.48. The van der Waals surface area contributed by atoms with Crippen molar-refractivity contribution in [2.24, 2.45) is 11.8 Å². The van der Waals surface area contributed by atoms with Crippen LogP contribution >= 0.6 is 0 Å². The summed E-state index contributed by atoms with van der Waals surface area (Å²) in [5, 5.41) is 39.7. The van der Waals surface area contributed by atoms with Crippen molar-refractivity contribution in [3.05, 3.63) is 77.4 Å². The molecular formula is C36H42N2O9. The lowest BCUT2D eigenvalue weighted by atomic mass is 9.75.